The van der Waals surface area contributed by atoms with E-state index in [4.69, 9.17) is 5.11 Å². The fourth-order valence-electron chi connectivity index (χ4n) is 3.15. The average molecular weight is 196 g/mol. The number of aliphatic hydroxyl groups excluding tert-OH is 1. The van der Waals surface area contributed by atoms with E-state index in [1.807, 2.05) is 0 Å². The highest BCUT2D eigenvalue weighted by atomic mass is 16.3. The minimum atomic E-state index is 0.319. The van der Waals surface area contributed by atoms with Crippen molar-refractivity contribution in [3.63, 3.8) is 0 Å². The maximum atomic E-state index is 8.79. The maximum Gasteiger partial charge on any atom is 0.0558 e. The molecule has 0 unspecified atom stereocenters. The number of rotatable bonds is 4. The van der Waals surface area contributed by atoms with E-state index in [0.717, 1.165) is 18.6 Å². The highest BCUT2D eigenvalue weighted by Gasteiger charge is 2.52. The molecule has 2 saturated carbocycles. The van der Waals surface area contributed by atoms with Crippen LogP contribution in [0.2, 0.25) is 0 Å². The van der Waals surface area contributed by atoms with Gasteiger partial charge in [0.15, 0.2) is 0 Å². The molecule has 3 fully saturated rings. The Kier molecular flexibility index (Phi) is 2.08. The summed E-state index contributed by atoms with van der Waals surface area (Å²) < 4.78 is 0. The van der Waals surface area contributed by atoms with Gasteiger partial charge in [-0.15, -0.1) is 0 Å². The van der Waals surface area contributed by atoms with Crippen LogP contribution in [0.15, 0.2) is 0 Å². The SMILES string of the molecule is OCCN1CC2(CC(NC3CC3)C2)C1. The molecule has 1 heterocycles. The molecule has 3 heteroatoms. The van der Waals surface area contributed by atoms with Gasteiger partial charge < -0.3 is 10.4 Å². The van der Waals surface area contributed by atoms with Crippen LogP contribution >= 0.6 is 0 Å². The summed E-state index contributed by atoms with van der Waals surface area (Å²) in [5, 5.41) is 12.5. The summed E-state index contributed by atoms with van der Waals surface area (Å²) >= 11 is 0. The van der Waals surface area contributed by atoms with Crippen LogP contribution in [0.4, 0.5) is 0 Å². The Bertz CT molecular complexity index is 213. The molecule has 2 N–H and O–H groups in total. The minimum absolute atomic E-state index is 0.319. The lowest BCUT2D eigenvalue weighted by Gasteiger charge is -2.59. The van der Waals surface area contributed by atoms with E-state index in [9.17, 15) is 0 Å². The highest BCUT2D eigenvalue weighted by molar-refractivity contribution is 5.08. The second kappa shape index (κ2) is 3.19. The second-order valence-electron chi connectivity index (χ2n) is 5.48. The number of nitrogens with zero attached hydrogens (tertiary/aromatic N) is 1. The first-order chi connectivity index (χ1) is 6.80. The number of hydrogen-bond acceptors (Lipinski definition) is 3. The largest absolute Gasteiger partial charge is 0.395 e. The molecule has 0 atom stereocenters. The molecule has 1 saturated heterocycles. The van der Waals surface area contributed by atoms with Crippen LogP contribution in [-0.2, 0) is 0 Å². The molecule has 0 bridgehead atoms. The summed E-state index contributed by atoms with van der Waals surface area (Å²) in [6.45, 7) is 3.66. The van der Waals surface area contributed by atoms with Crippen LogP contribution in [0.25, 0.3) is 0 Å². The van der Waals surface area contributed by atoms with Crippen molar-refractivity contribution in [2.45, 2.75) is 37.8 Å². The molecule has 0 amide bonds. The fraction of sp³-hybridized carbons (Fsp3) is 1.00. The first-order valence-electron chi connectivity index (χ1n) is 5.89. The molecule has 14 heavy (non-hydrogen) atoms. The molecule has 2 aliphatic carbocycles. The Hall–Kier alpha value is -0.120. The van der Waals surface area contributed by atoms with E-state index in [2.05, 4.69) is 10.2 Å². The van der Waals surface area contributed by atoms with Gasteiger partial charge in [-0.25, -0.2) is 0 Å². The molecule has 80 valence electrons. The second-order valence-corrected chi connectivity index (χ2v) is 5.48. The Labute approximate surface area is 85.5 Å². The quantitative estimate of drug-likeness (QED) is 0.674. The third kappa shape index (κ3) is 1.58. The van der Waals surface area contributed by atoms with Crippen LogP contribution in [-0.4, -0.2) is 48.3 Å². The van der Waals surface area contributed by atoms with Gasteiger partial charge in [-0.05, 0) is 31.1 Å². The van der Waals surface area contributed by atoms with Gasteiger partial charge in [0.1, 0.15) is 0 Å². The Balaban J connectivity index is 1.37. The summed E-state index contributed by atoms with van der Waals surface area (Å²) in [6, 6.07) is 1.68. The van der Waals surface area contributed by atoms with Crippen LogP contribution in [0.1, 0.15) is 25.7 Å². The Morgan fingerprint density at radius 2 is 1.93 bits per heavy atom. The zero-order valence-electron chi connectivity index (χ0n) is 8.71. The lowest BCUT2D eigenvalue weighted by molar-refractivity contribution is -0.0830. The molecule has 0 aromatic rings. The normalized spacial score (nSPS) is 31.5. The van der Waals surface area contributed by atoms with E-state index in [1.165, 1.54) is 38.8 Å². The highest BCUT2D eigenvalue weighted by Crippen LogP contribution is 2.48. The number of hydrogen-bond donors (Lipinski definition) is 2. The van der Waals surface area contributed by atoms with Crippen molar-refractivity contribution in [2.75, 3.05) is 26.2 Å². The van der Waals surface area contributed by atoms with Crippen molar-refractivity contribution in [1.29, 1.82) is 0 Å². The van der Waals surface area contributed by atoms with Crippen LogP contribution in [0, 0.1) is 5.41 Å². The van der Waals surface area contributed by atoms with E-state index in [-0.39, 0.29) is 0 Å². The number of aliphatic hydroxyl groups is 1. The van der Waals surface area contributed by atoms with Gasteiger partial charge in [0.05, 0.1) is 6.61 Å². The molecule has 3 nitrogen and oxygen atoms in total. The monoisotopic (exact) mass is 196 g/mol. The third-order valence-corrected chi connectivity index (χ3v) is 3.94. The minimum Gasteiger partial charge on any atom is -0.395 e. The van der Waals surface area contributed by atoms with Gasteiger partial charge in [0, 0.05) is 31.7 Å². The summed E-state index contributed by atoms with van der Waals surface area (Å²) in [7, 11) is 0. The summed E-state index contributed by atoms with van der Waals surface area (Å²) in [4.78, 5) is 2.37. The molecule has 0 aromatic carbocycles. The number of likely N-dealkylation sites (tertiary alicyclic amines) is 1. The average Bonchev–Trinajstić information content (AvgIpc) is 2.80. The molecule has 1 spiro atoms. The zero-order chi connectivity index (χ0) is 9.60. The van der Waals surface area contributed by atoms with Gasteiger partial charge in [0.25, 0.3) is 0 Å². The first-order valence-corrected chi connectivity index (χ1v) is 5.89. The van der Waals surface area contributed by atoms with Gasteiger partial charge >= 0.3 is 0 Å². The van der Waals surface area contributed by atoms with Crippen molar-refractivity contribution in [3.8, 4) is 0 Å². The van der Waals surface area contributed by atoms with Crippen molar-refractivity contribution >= 4 is 0 Å². The predicted octanol–water partition coefficient (Wildman–Crippen LogP) is 0.195. The van der Waals surface area contributed by atoms with Gasteiger partial charge in [0.2, 0.25) is 0 Å². The molecule has 1 aliphatic heterocycles. The third-order valence-electron chi connectivity index (χ3n) is 3.94. The van der Waals surface area contributed by atoms with Gasteiger partial charge in [-0.2, -0.15) is 0 Å². The van der Waals surface area contributed by atoms with Crippen molar-refractivity contribution in [3.05, 3.63) is 0 Å². The Morgan fingerprint density at radius 1 is 1.21 bits per heavy atom. The summed E-state index contributed by atoms with van der Waals surface area (Å²) in [6.07, 6.45) is 5.57. The molecule has 0 aromatic heterocycles. The summed E-state index contributed by atoms with van der Waals surface area (Å²) in [5.41, 5.74) is 0.654. The van der Waals surface area contributed by atoms with Gasteiger partial charge in [-0.3, -0.25) is 4.90 Å². The number of nitrogens with one attached hydrogen (secondary N) is 1. The molecule has 0 radical (unpaired) electrons. The van der Waals surface area contributed by atoms with Gasteiger partial charge in [-0.1, -0.05) is 0 Å². The molecular weight excluding hydrogens is 176 g/mol. The standard InChI is InChI=1S/C11H20N2O/c14-4-3-13-7-11(8-13)5-10(6-11)12-9-1-2-9/h9-10,12,14H,1-8H2. The molecular formula is C11H20N2O. The van der Waals surface area contributed by atoms with Crippen molar-refractivity contribution in [1.82, 2.24) is 10.2 Å². The Morgan fingerprint density at radius 3 is 2.50 bits per heavy atom. The van der Waals surface area contributed by atoms with E-state index in [1.54, 1.807) is 0 Å². The maximum absolute atomic E-state index is 8.79. The predicted molar refractivity (Wildman–Crippen MR) is 55.1 cm³/mol. The molecule has 3 aliphatic rings. The molecule has 3 rings (SSSR count). The van der Waals surface area contributed by atoms with E-state index >= 15 is 0 Å². The van der Waals surface area contributed by atoms with Crippen LogP contribution in [0.5, 0.6) is 0 Å². The topological polar surface area (TPSA) is 35.5 Å². The van der Waals surface area contributed by atoms with Crippen LogP contribution < -0.4 is 5.32 Å². The van der Waals surface area contributed by atoms with E-state index < -0.39 is 0 Å². The van der Waals surface area contributed by atoms with Crippen molar-refractivity contribution in [2.24, 2.45) is 5.41 Å². The van der Waals surface area contributed by atoms with Crippen molar-refractivity contribution < 1.29 is 5.11 Å². The smallest absolute Gasteiger partial charge is 0.0558 e. The lowest BCUT2D eigenvalue weighted by Crippen LogP contribution is -2.66. The zero-order valence-corrected chi connectivity index (χ0v) is 8.71. The van der Waals surface area contributed by atoms with E-state index in [0.29, 0.717) is 12.0 Å². The summed E-state index contributed by atoms with van der Waals surface area (Å²) in [5.74, 6) is 0. The van der Waals surface area contributed by atoms with Crippen LogP contribution in [0.3, 0.4) is 0 Å². The lowest BCUT2D eigenvalue weighted by atomic mass is 9.60. The number of β-amino-alcohol motifs (C(OH)–C–C–N with tert-alkyl or cyclic N) is 1. The first kappa shape index (κ1) is 9.13. The fourth-order valence-corrected chi connectivity index (χ4v) is 3.15.